The minimum Gasteiger partial charge on any atom is -0.454 e. The molecular weight excluding hydrogens is 296 g/mol. The molecule has 0 saturated carbocycles. The van der Waals surface area contributed by atoms with Gasteiger partial charge in [0.1, 0.15) is 11.3 Å². The molecule has 0 radical (unpaired) electrons. The zero-order chi connectivity index (χ0) is 16.1. The first kappa shape index (κ1) is 13.4. The van der Waals surface area contributed by atoms with Crippen molar-refractivity contribution in [2.24, 2.45) is 4.99 Å². The van der Waals surface area contributed by atoms with Gasteiger partial charge in [0.05, 0.1) is 17.9 Å². The van der Waals surface area contributed by atoms with Crippen molar-refractivity contribution >= 4 is 16.7 Å². The molecule has 3 heterocycles. The molecule has 116 valence electrons. The molecule has 0 spiro atoms. The van der Waals surface area contributed by atoms with Crippen LogP contribution in [-0.4, -0.2) is 10.3 Å². The molecule has 5 rings (SSSR count). The van der Waals surface area contributed by atoms with Gasteiger partial charge in [-0.3, -0.25) is 4.99 Å². The first-order valence-corrected chi connectivity index (χ1v) is 8.11. The number of fused-ring (bicyclic) bond motifs is 4. The molecule has 24 heavy (non-hydrogen) atoms. The fourth-order valence-electron chi connectivity index (χ4n) is 3.37. The highest BCUT2D eigenvalue weighted by Gasteiger charge is 2.20. The lowest BCUT2D eigenvalue weighted by atomic mass is 10.1. The summed E-state index contributed by atoms with van der Waals surface area (Å²) >= 11 is 0. The summed E-state index contributed by atoms with van der Waals surface area (Å²) in [5.41, 5.74) is 6.48. The van der Waals surface area contributed by atoms with E-state index in [1.165, 1.54) is 16.8 Å². The Morgan fingerprint density at radius 3 is 2.88 bits per heavy atom. The van der Waals surface area contributed by atoms with Gasteiger partial charge in [0.25, 0.3) is 0 Å². The molecular formula is C21H16N2O. The molecule has 0 saturated heterocycles. The van der Waals surface area contributed by atoms with Crippen molar-refractivity contribution in [3.63, 3.8) is 0 Å². The number of aliphatic imine (C=N–C) groups is 1. The summed E-state index contributed by atoms with van der Waals surface area (Å²) in [7, 11) is 0. The minimum absolute atomic E-state index is 0.656. The van der Waals surface area contributed by atoms with Crippen LogP contribution in [-0.2, 0) is 6.54 Å². The van der Waals surface area contributed by atoms with Crippen LogP contribution in [0, 0.1) is 6.92 Å². The predicted molar refractivity (Wildman–Crippen MR) is 96.1 cm³/mol. The molecule has 0 bridgehead atoms. The highest BCUT2D eigenvalue weighted by Crippen LogP contribution is 2.28. The van der Waals surface area contributed by atoms with Crippen molar-refractivity contribution < 1.29 is 4.42 Å². The van der Waals surface area contributed by atoms with Crippen molar-refractivity contribution in [3.05, 3.63) is 89.4 Å². The summed E-state index contributed by atoms with van der Waals surface area (Å²) in [4.78, 5) is 4.87. The third-order valence-electron chi connectivity index (χ3n) is 4.56. The van der Waals surface area contributed by atoms with Gasteiger partial charge >= 0.3 is 0 Å². The molecule has 3 nitrogen and oxygen atoms in total. The van der Waals surface area contributed by atoms with Gasteiger partial charge in [-0.2, -0.15) is 0 Å². The van der Waals surface area contributed by atoms with Crippen LogP contribution < -0.4 is 0 Å². The average molecular weight is 312 g/mol. The molecule has 0 unspecified atom stereocenters. The second-order valence-corrected chi connectivity index (χ2v) is 6.21. The zero-order valence-corrected chi connectivity index (χ0v) is 13.4. The van der Waals surface area contributed by atoms with Crippen LogP contribution in [0.4, 0.5) is 0 Å². The highest BCUT2D eigenvalue weighted by molar-refractivity contribution is 6.12. The number of rotatable bonds is 1. The predicted octanol–water partition coefficient (Wildman–Crippen LogP) is 4.88. The van der Waals surface area contributed by atoms with Gasteiger partial charge in [-0.15, -0.1) is 0 Å². The maximum absolute atomic E-state index is 6.12. The number of aryl methyl sites for hydroxylation is 1. The maximum atomic E-state index is 6.12. The first-order valence-electron chi connectivity index (χ1n) is 8.11. The van der Waals surface area contributed by atoms with E-state index in [4.69, 9.17) is 9.41 Å². The van der Waals surface area contributed by atoms with Crippen LogP contribution in [0.15, 0.2) is 76.3 Å². The lowest BCUT2D eigenvalue weighted by molar-refractivity contribution is 0.604. The number of hydrogen-bond donors (Lipinski definition) is 0. The Bertz CT molecular complexity index is 1100. The number of benzene rings is 2. The van der Waals surface area contributed by atoms with Crippen LogP contribution in [0.2, 0.25) is 0 Å². The molecule has 0 amide bonds. The number of para-hydroxylation sites is 1. The van der Waals surface area contributed by atoms with E-state index < -0.39 is 0 Å². The lowest BCUT2D eigenvalue weighted by Crippen LogP contribution is -2.07. The van der Waals surface area contributed by atoms with Gasteiger partial charge in [-0.1, -0.05) is 30.3 Å². The normalized spacial score (nSPS) is 13.3. The minimum atomic E-state index is 0.656. The van der Waals surface area contributed by atoms with Crippen molar-refractivity contribution in [1.29, 1.82) is 0 Å². The van der Waals surface area contributed by atoms with E-state index in [0.29, 0.717) is 6.54 Å². The molecule has 1 aliphatic rings. The monoisotopic (exact) mass is 312 g/mol. The van der Waals surface area contributed by atoms with Crippen molar-refractivity contribution in [2.75, 3.05) is 0 Å². The van der Waals surface area contributed by atoms with E-state index in [2.05, 4.69) is 78.4 Å². The van der Waals surface area contributed by atoms with Gasteiger partial charge in [-0.05, 0) is 48.4 Å². The molecule has 4 aromatic rings. The lowest BCUT2D eigenvalue weighted by Gasteiger charge is -2.09. The second-order valence-electron chi connectivity index (χ2n) is 6.21. The topological polar surface area (TPSA) is 30.4 Å². The maximum Gasteiger partial charge on any atom is 0.155 e. The Labute approximate surface area is 139 Å². The van der Waals surface area contributed by atoms with Gasteiger partial charge in [-0.25, -0.2) is 0 Å². The van der Waals surface area contributed by atoms with E-state index >= 15 is 0 Å². The molecule has 0 fully saturated rings. The molecule has 0 N–H and O–H groups in total. The van der Waals surface area contributed by atoms with E-state index in [-0.39, 0.29) is 0 Å². The van der Waals surface area contributed by atoms with Gasteiger partial charge < -0.3 is 8.98 Å². The quantitative estimate of drug-likeness (QED) is 0.492. The van der Waals surface area contributed by atoms with E-state index in [9.17, 15) is 0 Å². The summed E-state index contributed by atoms with van der Waals surface area (Å²) in [5, 5.41) is 1.11. The van der Waals surface area contributed by atoms with E-state index in [1.54, 1.807) is 0 Å². The third kappa shape index (κ3) is 1.95. The summed E-state index contributed by atoms with van der Waals surface area (Å²) in [6.07, 6.45) is 2.09. The number of furan rings is 1. The van der Waals surface area contributed by atoms with Crippen LogP contribution in [0.5, 0.6) is 0 Å². The molecule has 2 aromatic carbocycles. The van der Waals surface area contributed by atoms with E-state index in [1.807, 2.05) is 0 Å². The Balaban J connectivity index is 1.72. The van der Waals surface area contributed by atoms with Gasteiger partial charge in [0, 0.05) is 11.6 Å². The Kier molecular flexibility index (Phi) is 2.77. The Morgan fingerprint density at radius 1 is 1.00 bits per heavy atom. The number of aromatic nitrogens is 1. The summed E-state index contributed by atoms with van der Waals surface area (Å²) < 4.78 is 8.32. The van der Waals surface area contributed by atoms with Gasteiger partial charge in [0.2, 0.25) is 0 Å². The fourth-order valence-corrected chi connectivity index (χ4v) is 3.37. The van der Waals surface area contributed by atoms with E-state index in [0.717, 1.165) is 28.1 Å². The standard InChI is InChI=1S/C21H16N2O/c1-14-8-9-15-12-20(24-19(15)11-14)21-18-7-4-10-23(18)17-6-3-2-5-16(17)13-22-21/h2-12H,13H2,1H3. The molecule has 3 heteroatoms. The van der Waals surface area contributed by atoms with Crippen LogP contribution in [0.25, 0.3) is 16.7 Å². The van der Waals surface area contributed by atoms with Gasteiger partial charge in [0.15, 0.2) is 5.76 Å². The average Bonchev–Trinajstić information content (AvgIpc) is 3.19. The first-order chi connectivity index (χ1) is 11.8. The largest absolute Gasteiger partial charge is 0.454 e. The van der Waals surface area contributed by atoms with Crippen molar-refractivity contribution in [2.45, 2.75) is 13.5 Å². The molecule has 1 aliphatic heterocycles. The smallest absolute Gasteiger partial charge is 0.155 e. The highest BCUT2D eigenvalue weighted by atomic mass is 16.3. The van der Waals surface area contributed by atoms with Crippen LogP contribution >= 0.6 is 0 Å². The Hall–Kier alpha value is -3.07. The molecule has 0 aliphatic carbocycles. The Morgan fingerprint density at radius 2 is 1.92 bits per heavy atom. The SMILES string of the molecule is Cc1ccc2cc(C3=NCc4ccccc4-n4cccc43)oc2c1. The third-order valence-corrected chi connectivity index (χ3v) is 4.56. The zero-order valence-electron chi connectivity index (χ0n) is 13.4. The number of hydrogen-bond acceptors (Lipinski definition) is 2. The van der Waals surface area contributed by atoms with Crippen molar-refractivity contribution in [1.82, 2.24) is 4.57 Å². The summed E-state index contributed by atoms with van der Waals surface area (Å²) in [5.74, 6) is 0.823. The second kappa shape index (κ2) is 4.96. The van der Waals surface area contributed by atoms with Crippen LogP contribution in [0.1, 0.15) is 22.6 Å². The summed E-state index contributed by atoms with van der Waals surface area (Å²) in [6, 6.07) is 20.9. The van der Waals surface area contributed by atoms with Crippen molar-refractivity contribution in [3.8, 4) is 5.69 Å². The van der Waals surface area contributed by atoms with Crippen LogP contribution in [0.3, 0.4) is 0 Å². The molecule has 2 aromatic heterocycles. The number of nitrogens with zero attached hydrogens (tertiary/aromatic N) is 2. The fraction of sp³-hybridized carbons (Fsp3) is 0.0952. The molecule has 0 atom stereocenters. The summed E-state index contributed by atoms with van der Waals surface area (Å²) in [6.45, 7) is 2.73.